The first-order valence-electron chi connectivity index (χ1n) is 31.8. The minimum atomic E-state index is -0.737. The quantitative estimate of drug-likeness (QED) is 0.0674. The summed E-state index contributed by atoms with van der Waals surface area (Å²) in [6, 6.07) is 90.4. The van der Waals surface area contributed by atoms with Gasteiger partial charge in [0.15, 0.2) is 0 Å². The van der Waals surface area contributed by atoms with Crippen LogP contribution in [0.5, 0.6) is 0 Å². The molecule has 16 aromatic rings. The van der Waals surface area contributed by atoms with Crippen molar-refractivity contribution < 1.29 is 0 Å². The van der Waals surface area contributed by atoms with E-state index >= 15 is 0 Å². The van der Waals surface area contributed by atoms with Crippen LogP contribution in [0.2, 0.25) is 0 Å². The van der Waals surface area contributed by atoms with E-state index in [0.717, 1.165) is 13.1 Å². The highest BCUT2D eigenvalue weighted by atomic mass is 15.0. The molecule has 0 saturated heterocycles. The van der Waals surface area contributed by atoms with Gasteiger partial charge in [0.25, 0.3) is 0 Å². The summed E-state index contributed by atoms with van der Waals surface area (Å²) in [5.74, 6) is 0. The van der Waals surface area contributed by atoms with Crippen molar-refractivity contribution in [3.05, 3.63) is 253 Å². The third-order valence-corrected chi connectivity index (χ3v) is 20.2. The van der Waals surface area contributed by atoms with Gasteiger partial charge in [0.05, 0.1) is 5.41 Å². The zero-order valence-electron chi connectivity index (χ0n) is 48.8. The smallest absolute Gasteiger partial charge is 0.0714 e. The molecule has 85 heavy (non-hydrogen) atoms. The molecule has 2 aromatic heterocycles. The monoisotopic (exact) mass is 1090 g/mol. The zero-order chi connectivity index (χ0) is 56.3. The number of benzene rings is 14. The minimum absolute atomic E-state index is 0.737. The number of nitrogens with zero attached hydrogens (tertiary/aromatic N) is 2. The van der Waals surface area contributed by atoms with Crippen molar-refractivity contribution in [1.29, 1.82) is 0 Å². The first kappa shape index (κ1) is 50.3. The fourth-order valence-electron chi connectivity index (χ4n) is 16.2. The van der Waals surface area contributed by atoms with E-state index in [1.54, 1.807) is 0 Å². The molecule has 2 heterocycles. The van der Waals surface area contributed by atoms with Gasteiger partial charge in [0.1, 0.15) is 0 Å². The Bertz CT molecular complexity index is 4930. The standard InChI is InChI=1S/C83H68N2/c1-3-5-7-9-15-47-84-75-25-13-11-23-67(75)71-51-61(37-45-77(71)84)83(62-38-46-78-72(52-62)68-24-12-14-26-76(68)85(78)48-16-10-8-6-4-2)73-49-59(63-39-31-57-29-27-53-19-17-21-55-33-43-69(63)81(57)79(53)55)35-41-65(73)66-42-36-60(50-74(66)83)64-40-32-58-30-28-54-20-18-22-56-34-44-70(64)82(58)80(54)56/h11-14,17-46,49-52H,3-10,15-16,47-48H2,1-2H3. The second-order valence-corrected chi connectivity index (χ2v) is 24.8. The Morgan fingerprint density at radius 3 is 1.09 bits per heavy atom. The van der Waals surface area contributed by atoms with Crippen molar-refractivity contribution in [1.82, 2.24) is 9.13 Å². The molecule has 0 N–H and O–H groups in total. The predicted molar refractivity (Wildman–Crippen MR) is 366 cm³/mol. The Labute approximate surface area is 497 Å². The van der Waals surface area contributed by atoms with E-state index < -0.39 is 5.41 Å². The van der Waals surface area contributed by atoms with Gasteiger partial charge in [-0.2, -0.15) is 0 Å². The van der Waals surface area contributed by atoms with Gasteiger partial charge in [0, 0.05) is 56.7 Å². The second-order valence-electron chi connectivity index (χ2n) is 24.8. The molecule has 0 amide bonds. The molecule has 0 unspecified atom stereocenters. The van der Waals surface area contributed by atoms with E-state index in [0.29, 0.717) is 0 Å². The predicted octanol–water partition coefficient (Wildman–Crippen LogP) is 23.3. The number of fused-ring (bicyclic) bond motifs is 9. The van der Waals surface area contributed by atoms with E-state index in [1.807, 2.05) is 0 Å². The molecule has 17 rings (SSSR count). The van der Waals surface area contributed by atoms with Crippen LogP contribution in [-0.4, -0.2) is 9.13 Å². The molecule has 2 nitrogen and oxygen atoms in total. The fourth-order valence-corrected chi connectivity index (χ4v) is 16.2. The van der Waals surface area contributed by atoms with Crippen molar-refractivity contribution in [3.63, 3.8) is 0 Å². The molecule has 0 fully saturated rings. The van der Waals surface area contributed by atoms with Crippen LogP contribution in [-0.2, 0) is 18.5 Å². The average molecular weight is 1090 g/mol. The number of para-hydroxylation sites is 2. The topological polar surface area (TPSA) is 9.86 Å². The molecule has 0 radical (unpaired) electrons. The third kappa shape index (κ3) is 7.56. The maximum Gasteiger partial charge on any atom is 0.0714 e. The van der Waals surface area contributed by atoms with Crippen molar-refractivity contribution in [2.24, 2.45) is 0 Å². The highest BCUT2D eigenvalue weighted by Gasteiger charge is 2.47. The van der Waals surface area contributed by atoms with E-state index in [1.165, 1.54) is 228 Å². The van der Waals surface area contributed by atoms with Gasteiger partial charge in [-0.25, -0.2) is 0 Å². The lowest BCUT2D eigenvalue weighted by Crippen LogP contribution is -2.28. The average Bonchev–Trinajstić information content (AvgIpc) is 1.85. The van der Waals surface area contributed by atoms with Crippen molar-refractivity contribution >= 4 is 108 Å². The number of hydrogen-bond donors (Lipinski definition) is 0. The zero-order valence-corrected chi connectivity index (χ0v) is 48.8. The van der Waals surface area contributed by atoms with E-state index in [4.69, 9.17) is 0 Å². The molecule has 0 bridgehead atoms. The molecule has 2 heteroatoms. The Balaban J connectivity index is 0.962. The molecular formula is C83H68N2. The summed E-state index contributed by atoms with van der Waals surface area (Å²) in [6.07, 6.45) is 12.5. The molecule has 0 saturated carbocycles. The Morgan fingerprint density at radius 2 is 0.647 bits per heavy atom. The highest BCUT2D eigenvalue weighted by Crippen LogP contribution is 2.59. The van der Waals surface area contributed by atoms with Gasteiger partial charge < -0.3 is 9.13 Å². The molecule has 1 aliphatic carbocycles. The van der Waals surface area contributed by atoms with Crippen molar-refractivity contribution in [3.8, 4) is 33.4 Å². The number of hydrogen-bond acceptors (Lipinski definition) is 0. The normalized spacial score (nSPS) is 13.2. The fraction of sp³-hybridized carbons (Fsp3) is 0.181. The van der Waals surface area contributed by atoms with E-state index in [9.17, 15) is 0 Å². The highest BCUT2D eigenvalue weighted by molar-refractivity contribution is 6.27. The summed E-state index contributed by atoms with van der Waals surface area (Å²) < 4.78 is 5.26. The van der Waals surface area contributed by atoms with Crippen LogP contribution in [0, 0.1) is 0 Å². The number of aromatic nitrogens is 2. The first-order valence-corrected chi connectivity index (χ1v) is 31.8. The van der Waals surface area contributed by atoms with Gasteiger partial charge in [-0.15, -0.1) is 0 Å². The van der Waals surface area contributed by atoms with Crippen LogP contribution in [0.1, 0.15) is 100 Å². The molecule has 0 atom stereocenters. The maximum absolute atomic E-state index is 2.63. The molecule has 0 aliphatic heterocycles. The second kappa shape index (κ2) is 20.0. The Kier molecular flexibility index (Phi) is 11.8. The Hall–Kier alpha value is -9.24. The molecule has 1 aliphatic rings. The molecular weight excluding hydrogens is 1020 g/mol. The van der Waals surface area contributed by atoms with Crippen LogP contribution in [0.3, 0.4) is 0 Å². The van der Waals surface area contributed by atoms with Crippen molar-refractivity contribution in [2.75, 3.05) is 0 Å². The van der Waals surface area contributed by atoms with Crippen LogP contribution in [0.4, 0.5) is 0 Å². The number of rotatable bonds is 16. The summed E-state index contributed by atoms with van der Waals surface area (Å²) in [4.78, 5) is 0. The van der Waals surface area contributed by atoms with Gasteiger partial charge >= 0.3 is 0 Å². The Morgan fingerprint density at radius 1 is 0.271 bits per heavy atom. The van der Waals surface area contributed by atoms with Gasteiger partial charge in [-0.05, 0) is 182 Å². The van der Waals surface area contributed by atoms with Crippen LogP contribution in [0.25, 0.3) is 142 Å². The maximum atomic E-state index is 2.63. The summed E-state index contributed by atoms with van der Waals surface area (Å²) in [6.45, 7) is 6.64. The van der Waals surface area contributed by atoms with Crippen LogP contribution in [0.15, 0.2) is 231 Å². The number of aryl methyl sites for hydroxylation is 2. The van der Waals surface area contributed by atoms with Crippen LogP contribution >= 0.6 is 0 Å². The third-order valence-electron chi connectivity index (χ3n) is 20.2. The molecule has 410 valence electrons. The number of unbranched alkanes of at least 4 members (excludes halogenated alkanes) is 8. The van der Waals surface area contributed by atoms with E-state index in [-0.39, 0.29) is 0 Å². The lowest BCUT2D eigenvalue weighted by molar-refractivity contribution is 0.584. The first-order chi connectivity index (χ1) is 42.1. The lowest BCUT2D eigenvalue weighted by Gasteiger charge is -2.35. The largest absolute Gasteiger partial charge is 0.340 e. The molecule has 14 aromatic carbocycles. The molecule has 0 spiro atoms. The van der Waals surface area contributed by atoms with Gasteiger partial charge in [-0.3, -0.25) is 0 Å². The van der Waals surface area contributed by atoms with Crippen molar-refractivity contribution in [2.45, 2.75) is 96.6 Å². The SMILES string of the molecule is CCCCCCCn1c2ccccc2c2cc(C3(c4ccc5c(c4)c4ccccc4n5CCCCCCC)c4cc(-c5ccc6ccc7cccc8ccc5c6c78)ccc4-c4ccc(-c5ccc6ccc7cccc8ccc5c6c78)cc43)ccc21. The minimum Gasteiger partial charge on any atom is -0.340 e. The lowest BCUT2D eigenvalue weighted by atomic mass is 9.66. The summed E-state index contributed by atoms with van der Waals surface area (Å²) in [5.41, 5.74) is 17.4. The summed E-state index contributed by atoms with van der Waals surface area (Å²) in [5, 5.41) is 21.0. The van der Waals surface area contributed by atoms with Gasteiger partial charge in [-0.1, -0.05) is 247 Å². The van der Waals surface area contributed by atoms with Gasteiger partial charge in [0.2, 0.25) is 0 Å². The van der Waals surface area contributed by atoms with E-state index in [2.05, 4.69) is 254 Å². The summed E-state index contributed by atoms with van der Waals surface area (Å²) >= 11 is 0. The van der Waals surface area contributed by atoms with Crippen LogP contribution < -0.4 is 0 Å². The summed E-state index contributed by atoms with van der Waals surface area (Å²) in [7, 11) is 0.